The minimum Gasteiger partial charge on any atom is -0.211 e. The van der Waals surface area contributed by atoms with Crippen LogP contribution in [0.4, 0.5) is 0 Å². The quantitative estimate of drug-likeness (QED) is 0.607. The molecule has 3 rings (SSSR count). The van der Waals surface area contributed by atoms with Gasteiger partial charge in [-0.2, -0.15) is 0 Å². The zero-order valence-electron chi connectivity index (χ0n) is 8.66. The van der Waals surface area contributed by atoms with Gasteiger partial charge in [0.25, 0.3) is 0 Å². The molecule has 0 amide bonds. The van der Waals surface area contributed by atoms with Crippen molar-refractivity contribution in [3.05, 3.63) is 0 Å². The summed E-state index contributed by atoms with van der Waals surface area (Å²) in [5.74, 6) is 0.609. The van der Waals surface area contributed by atoms with E-state index in [1.165, 1.54) is 6.42 Å². The molecule has 0 aromatic rings. The van der Waals surface area contributed by atoms with Gasteiger partial charge in [0.05, 0.1) is 5.25 Å². The largest absolute Gasteiger partial charge is 0.231 e. The SMILES string of the molecule is CC1(C)C2CCC13C[N]S(=O)(=O)C3C2. The highest BCUT2D eigenvalue weighted by Gasteiger charge is 2.70. The van der Waals surface area contributed by atoms with E-state index in [1.807, 2.05) is 0 Å². The van der Waals surface area contributed by atoms with Crippen molar-refractivity contribution in [2.24, 2.45) is 16.7 Å². The standard InChI is InChI=1S/C10H16NO2S/c1-9(2)7-3-4-10(9)6-11-14(12,13)8(10)5-7/h7-8H,3-6H2,1-2H3. The van der Waals surface area contributed by atoms with Gasteiger partial charge in [0, 0.05) is 12.0 Å². The van der Waals surface area contributed by atoms with Crippen molar-refractivity contribution in [1.82, 2.24) is 4.72 Å². The number of nitrogens with zero attached hydrogens (tertiary/aromatic N) is 1. The van der Waals surface area contributed by atoms with Crippen molar-refractivity contribution in [3.63, 3.8) is 0 Å². The van der Waals surface area contributed by atoms with Gasteiger partial charge in [-0.25, -0.2) is 8.42 Å². The summed E-state index contributed by atoms with van der Waals surface area (Å²) in [6.45, 7) is 5.03. The van der Waals surface area contributed by atoms with Gasteiger partial charge in [-0.05, 0) is 30.6 Å². The van der Waals surface area contributed by atoms with Gasteiger partial charge < -0.3 is 0 Å². The predicted molar refractivity (Wildman–Crippen MR) is 53.3 cm³/mol. The Balaban J connectivity index is 2.17. The summed E-state index contributed by atoms with van der Waals surface area (Å²) in [4.78, 5) is 0. The number of hydrogen-bond donors (Lipinski definition) is 0. The Morgan fingerprint density at radius 2 is 2.07 bits per heavy atom. The zero-order chi connectivity index (χ0) is 10.2. The highest BCUT2D eigenvalue weighted by molar-refractivity contribution is 7.90. The Morgan fingerprint density at radius 1 is 1.36 bits per heavy atom. The second-order valence-electron chi connectivity index (χ2n) is 5.64. The highest BCUT2D eigenvalue weighted by atomic mass is 32.2. The Hall–Kier alpha value is -0.0900. The molecule has 1 spiro atoms. The fourth-order valence-electron chi connectivity index (χ4n) is 4.08. The fourth-order valence-corrected chi connectivity index (χ4v) is 6.21. The van der Waals surface area contributed by atoms with Crippen LogP contribution in [0.3, 0.4) is 0 Å². The van der Waals surface area contributed by atoms with Gasteiger partial charge >= 0.3 is 0 Å². The third kappa shape index (κ3) is 0.735. The van der Waals surface area contributed by atoms with Gasteiger partial charge in [-0.15, -0.1) is 4.72 Å². The van der Waals surface area contributed by atoms with E-state index in [-0.39, 0.29) is 16.1 Å². The minimum atomic E-state index is -3.11. The molecular formula is C10H16NO2S. The lowest BCUT2D eigenvalue weighted by molar-refractivity contribution is 0.146. The molecule has 3 unspecified atom stereocenters. The monoisotopic (exact) mass is 214 g/mol. The Morgan fingerprint density at radius 3 is 2.64 bits per heavy atom. The first-order valence-corrected chi connectivity index (χ1v) is 6.83. The zero-order valence-corrected chi connectivity index (χ0v) is 9.47. The molecule has 0 aromatic carbocycles. The highest BCUT2D eigenvalue weighted by Crippen LogP contribution is 2.68. The first-order valence-electron chi connectivity index (χ1n) is 5.33. The van der Waals surface area contributed by atoms with Crippen LogP contribution >= 0.6 is 0 Å². The predicted octanol–water partition coefficient (Wildman–Crippen LogP) is 1.13. The molecule has 3 atom stereocenters. The summed E-state index contributed by atoms with van der Waals surface area (Å²) < 4.78 is 27.4. The van der Waals surface area contributed by atoms with E-state index in [4.69, 9.17) is 0 Å². The smallest absolute Gasteiger partial charge is 0.211 e. The summed E-state index contributed by atoms with van der Waals surface area (Å²) >= 11 is 0. The second-order valence-corrected chi connectivity index (χ2v) is 7.50. The molecule has 3 aliphatic rings. The minimum absolute atomic E-state index is 0.00347. The van der Waals surface area contributed by atoms with Gasteiger partial charge in [-0.1, -0.05) is 13.8 Å². The van der Waals surface area contributed by atoms with Crippen molar-refractivity contribution in [1.29, 1.82) is 0 Å². The van der Waals surface area contributed by atoms with Gasteiger partial charge in [0.1, 0.15) is 0 Å². The van der Waals surface area contributed by atoms with Gasteiger partial charge in [-0.3, -0.25) is 0 Å². The van der Waals surface area contributed by atoms with E-state index in [0.29, 0.717) is 12.5 Å². The fraction of sp³-hybridized carbons (Fsp3) is 1.00. The van der Waals surface area contributed by atoms with Crippen molar-refractivity contribution in [3.8, 4) is 0 Å². The molecule has 3 fully saturated rings. The van der Waals surface area contributed by atoms with Gasteiger partial charge in [0.15, 0.2) is 0 Å². The van der Waals surface area contributed by atoms with E-state index in [1.54, 1.807) is 0 Å². The van der Waals surface area contributed by atoms with Crippen molar-refractivity contribution in [2.75, 3.05) is 6.54 Å². The average molecular weight is 214 g/mol. The van der Waals surface area contributed by atoms with E-state index in [2.05, 4.69) is 18.6 Å². The molecular weight excluding hydrogens is 198 g/mol. The van der Waals surface area contributed by atoms with Crippen LogP contribution in [-0.4, -0.2) is 20.2 Å². The summed E-state index contributed by atoms with van der Waals surface area (Å²) in [5.41, 5.74) is 0.182. The summed E-state index contributed by atoms with van der Waals surface area (Å²) in [5, 5.41) is -0.149. The first-order chi connectivity index (χ1) is 6.40. The Kier molecular flexibility index (Phi) is 1.43. The number of rotatable bonds is 0. The van der Waals surface area contributed by atoms with Gasteiger partial charge in [0.2, 0.25) is 10.0 Å². The van der Waals surface area contributed by atoms with Crippen LogP contribution in [0.15, 0.2) is 0 Å². The maximum Gasteiger partial charge on any atom is 0.231 e. The average Bonchev–Trinajstić information content (AvgIpc) is 2.60. The topological polar surface area (TPSA) is 48.2 Å². The molecule has 0 N–H and O–H groups in total. The summed E-state index contributed by atoms with van der Waals surface area (Å²) in [7, 11) is -3.11. The molecule has 14 heavy (non-hydrogen) atoms. The molecule has 2 bridgehead atoms. The summed E-state index contributed by atoms with van der Waals surface area (Å²) in [6, 6.07) is 0. The lowest BCUT2D eigenvalue weighted by Crippen LogP contribution is -2.38. The summed E-state index contributed by atoms with van der Waals surface area (Å²) in [6.07, 6.45) is 3.13. The Bertz CT molecular complexity index is 387. The van der Waals surface area contributed by atoms with E-state index in [9.17, 15) is 8.42 Å². The molecule has 0 aromatic heterocycles. The molecule has 1 aliphatic heterocycles. The van der Waals surface area contributed by atoms with Crippen LogP contribution in [0.25, 0.3) is 0 Å². The third-order valence-electron chi connectivity index (χ3n) is 5.24. The lowest BCUT2D eigenvalue weighted by Gasteiger charge is -2.35. The van der Waals surface area contributed by atoms with Crippen molar-refractivity contribution >= 4 is 10.0 Å². The molecule has 2 aliphatic carbocycles. The Labute approximate surface area is 85.3 Å². The van der Waals surface area contributed by atoms with Crippen LogP contribution in [0.2, 0.25) is 0 Å². The molecule has 3 nitrogen and oxygen atoms in total. The van der Waals surface area contributed by atoms with E-state index >= 15 is 0 Å². The maximum absolute atomic E-state index is 11.7. The lowest BCUT2D eigenvalue weighted by atomic mass is 9.69. The third-order valence-corrected chi connectivity index (χ3v) is 7.10. The van der Waals surface area contributed by atoms with Crippen molar-refractivity contribution < 1.29 is 8.42 Å². The van der Waals surface area contributed by atoms with E-state index < -0.39 is 10.0 Å². The molecule has 1 radical (unpaired) electrons. The van der Waals surface area contributed by atoms with Crippen LogP contribution in [0.5, 0.6) is 0 Å². The number of hydrogen-bond acceptors (Lipinski definition) is 2. The second kappa shape index (κ2) is 2.19. The van der Waals surface area contributed by atoms with Crippen LogP contribution < -0.4 is 4.72 Å². The normalized spacial score (nSPS) is 52.1. The maximum atomic E-state index is 11.7. The molecule has 2 saturated carbocycles. The van der Waals surface area contributed by atoms with Crippen molar-refractivity contribution in [2.45, 2.75) is 38.4 Å². The molecule has 79 valence electrons. The first kappa shape index (κ1) is 9.16. The molecule has 1 saturated heterocycles. The number of fused-ring (bicyclic) bond motifs is 1. The molecule has 1 heterocycles. The molecule has 4 heteroatoms. The van der Waals surface area contributed by atoms with Crippen LogP contribution in [0, 0.1) is 16.7 Å². The van der Waals surface area contributed by atoms with Crippen LogP contribution in [0.1, 0.15) is 33.1 Å². The van der Waals surface area contributed by atoms with E-state index in [0.717, 1.165) is 12.8 Å². The number of sulfonamides is 1. The van der Waals surface area contributed by atoms with Crippen LogP contribution in [-0.2, 0) is 10.0 Å².